The van der Waals surface area contributed by atoms with Crippen LogP contribution in [0.5, 0.6) is 5.75 Å². The van der Waals surface area contributed by atoms with E-state index in [9.17, 15) is 13.2 Å². The number of hydrogen-bond donors (Lipinski definition) is 0. The first-order valence-electron chi connectivity index (χ1n) is 8.58. The Morgan fingerprint density at radius 3 is 2.23 bits per heavy atom. The average Bonchev–Trinajstić information content (AvgIpc) is 2.67. The van der Waals surface area contributed by atoms with E-state index in [1.807, 2.05) is 6.07 Å². The maximum absolute atomic E-state index is 12.5. The van der Waals surface area contributed by atoms with Crippen molar-refractivity contribution in [2.45, 2.75) is 13.8 Å². The van der Waals surface area contributed by atoms with Gasteiger partial charge in [0.05, 0.1) is 11.6 Å². The number of nitriles is 1. The van der Waals surface area contributed by atoms with Crippen LogP contribution in [0.15, 0.2) is 24.3 Å². The van der Waals surface area contributed by atoms with Gasteiger partial charge in [-0.25, -0.2) is 0 Å². The second-order valence-corrected chi connectivity index (χ2v) is 7.73. The number of amides is 1. The lowest BCUT2D eigenvalue weighted by atomic mass is 10.2. The molecule has 0 N–H and O–H groups in total. The van der Waals surface area contributed by atoms with Crippen molar-refractivity contribution in [2.75, 3.05) is 45.9 Å². The quantitative estimate of drug-likeness (QED) is 0.693. The normalized spacial score (nSPS) is 15.7. The van der Waals surface area contributed by atoms with Crippen LogP contribution in [0.3, 0.4) is 0 Å². The molecule has 0 saturated carbocycles. The zero-order valence-electron chi connectivity index (χ0n) is 15.1. The van der Waals surface area contributed by atoms with Gasteiger partial charge in [0.1, 0.15) is 5.75 Å². The number of rotatable bonds is 7. The third-order valence-electron chi connectivity index (χ3n) is 4.30. The van der Waals surface area contributed by atoms with Crippen LogP contribution in [0.1, 0.15) is 19.4 Å². The molecule has 0 atom stereocenters. The van der Waals surface area contributed by atoms with Crippen molar-refractivity contribution in [3.8, 4) is 11.8 Å². The van der Waals surface area contributed by atoms with Crippen molar-refractivity contribution in [1.29, 1.82) is 5.26 Å². The maximum Gasteiger partial charge on any atom is 0.282 e. The molecule has 9 heteroatoms. The second-order valence-electron chi connectivity index (χ2n) is 5.80. The first-order chi connectivity index (χ1) is 12.4. The number of benzene rings is 1. The minimum Gasteiger partial charge on any atom is -0.484 e. The van der Waals surface area contributed by atoms with E-state index in [2.05, 4.69) is 0 Å². The monoisotopic (exact) mass is 380 g/mol. The molecule has 2 rings (SSSR count). The van der Waals surface area contributed by atoms with E-state index in [0.29, 0.717) is 37.5 Å². The molecule has 8 nitrogen and oxygen atoms in total. The van der Waals surface area contributed by atoms with Gasteiger partial charge in [-0.15, -0.1) is 0 Å². The molecule has 0 unspecified atom stereocenters. The lowest BCUT2D eigenvalue weighted by Gasteiger charge is -2.36. The van der Waals surface area contributed by atoms with Gasteiger partial charge in [-0.05, 0) is 24.3 Å². The molecule has 0 aliphatic carbocycles. The Kier molecular flexibility index (Phi) is 6.97. The summed E-state index contributed by atoms with van der Waals surface area (Å²) in [5, 5.41) is 8.76. The highest BCUT2D eigenvalue weighted by molar-refractivity contribution is 7.86. The molecule has 1 aliphatic rings. The lowest BCUT2D eigenvalue weighted by Crippen LogP contribution is -2.54. The van der Waals surface area contributed by atoms with E-state index in [0.717, 1.165) is 0 Å². The predicted octanol–water partition coefficient (Wildman–Crippen LogP) is 0.668. The molecule has 1 aromatic rings. The van der Waals surface area contributed by atoms with Gasteiger partial charge in [0.25, 0.3) is 16.1 Å². The highest BCUT2D eigenvalue weighted by Gasteiger charge is 2.32. The van der Waals surface area contributed by atoms with Gasteiger partial charge in [-0.2, -0.15) is 22.3 Å². The summed E-state index contributed by atoms with van der Waals surface area (Å²) in [5.74, 6) is 0.328. The van der Waals surface area contributed by atoms with E-state index in [1.165, 1.54) is 8.61 Å². The summed E-state index contributed by atoms with van der Waals surface area (Å²) in [7, 11) is -3.46. The molecule has 0 aromatic heterocycles. The zero-order chi connectivity index (χ0) is 19.2. The van der Waals surface area contributed by atoms with Crippen molar-refractivity contribution in [3.63, 3.8) is 0 Å². The Balaban J connectivity index is 1.85. The Hall–Kier alpha value is -2.15. The third kappa shape index (κ3) is 4.72. The Morgan fingerprint density at radius 1 is 1.15 bits per heavy atom. The number of hydrogen-bond acceptors (Lipinski definition) is 5. The number of ether oxygens (including phenoxy) is 1. The number of carbonyl (C=O) groups excluding carboxylic acids is 1. The Bertz CT molecular complexity index is 746. The number of carbonyl (C=O) groups is 1. The van der Waals surface area contributed by atoms with Crippen molar-refractivity contribution < 1.29 is 17.9 Å². The summed E-state index contributed by atoms with van der Waals surface area (Å²) in [4.78, 5) is 13.9. The summed E-state index contributed by atoms with van der Waals surface area (Å²) in [6.07, 6.45) is 0. The molecule has 142 valence electrons. The smallest absolute Gasteiger partial charge is 0.282 e. The summed E-state index contributed by atoms with van der Waals surface area (Å²) >= 11 is 0. The van der Waals surface area contributed by atoms with Gasteiger partial charge in [0.15, 0.2) is 6.61 Å². The third-order valence-corrected chi connectivity index (χ3v) is 6.48. The first kappa shape index (κ1) is 20.2. The zero-order valence-corrected chi connectivity index (χ0v) is 15.9. The van der Waals surface area contributed by atoms with Crippen LogP contribution in [0, 0.1) is 11.3 Å². The first-order valence-corrected chi connectivity index (χ1v) is 9.98. The van der Waals surface area contributed by atoms with Crippen molar-refractivity contribution in [3.05, 3.63) is 29.8 Å². The van der Waals surface area contributed by atoms with Gasteiger partial charge in [0, 0.05) is 39.3 Å². The van der Waals surface area contributed by atoms with Crippen LogP contribution in [0.2, 0.25) is 0 Å². The van der Waals surface area contributed by atoms with Gasteiger partial charge in [0.2, 0.25) is 0 Å². The minimum atomic E-state index is -3.46. The summed E-state index contributed by atoms with van der Waals surface area (Å²) in [6, 6.07) is 8.54. The van der Waals surface area contributed by atoms with Crippen LogP contribution in [0.25, 0.3) is 0 Å². The van der Waals surface area contributed by atoms with Crippen molar-refractivity contribution >= 4 is 16.1 Å². The maximum atomic E-state index is 12.5. The highest BCUT2D eigenvalue weighted by Crippen LogP contribution is 2.14. The molecule has 1 heterocycles. The average molecular weight is 380 g/mol. The van der Waals surface area contributed by atoms with E-state index >= 15 is 0 Å². The van der Waals surface area contributed by atoms with Crippen molar-refractivity contribution in [1.82, 2.24) is 13.5 Å². The molecule has 1 aromatic carbocycles. The molecule has 1 saturated heterocycles. The molecule has 0 radical (unpaired) electrons. The molecule has 26 heavy (non-hydrogen) atoms. The standard InChI is InChI=1S/C17H24N4O4S/c1-3-20(4-2)26(23,24)21-11-9-19(10-12-21)17(22)14-25-16-7-5-15(13-18)6-8-16/h5-8H,3-4,9-12,14H2,1-2H3. The molecule has 0 spiro atoms. The van der Waals surface area contributed by atoms with Crippen molar-refractivity contribution in [2.24, 2.45) is 0 Å². The van der Waals surface area contributed by atoms with Crippen LogP contribution in [-0.2, 0) is 15.0 Å². The van der Waals surface area contributed by atoms with Crippen LogP contribution < -0.4 is 4.74 Å². The SMILES string of the molecule is CCN(CC)S(=O)(=O)N1CCN(C(=O)COc2ccc(C#N)cc2)CC1. The molecule has 1 fully saturated rings. The van der Waals surface area contributed by atoms with Gasteiger partial charge in [-0.3, -0.25) is 4.79 Å². The molecular formula is C17H24N4O4S. The minimum absolute atomic E-state index is 0.116. The second kappa shape index (κ2) is 8.98. The molecule has 1 amide bonds. The van der Waals surface area contributed by atoms with Crippen LogP contribution in [0.4, 0.5) is 0 Å². The van der Waals surface area contributed by atoms with E-state index in [1.54, 1.807) is 43.0 Å². The largest absolute Gasteiger partial charge is 0.484 e. The fourth-order valence-corrected chi connectivity index (χ4v) is 4.35. The van der Waals surface area contributed by atoms with Gasteiger partial charge < -0.3 is 9.64 Å². The van der Waals surface area contributed by atoms with Gasteiger partial charge in [-0.1, -0.05) is 13.8 Å². The molecule has 0 bridgehead atoms. The topological polar surface area (TPSA) is 94.0 Å². The fraction of sp³-hybridized carbons (Fsp3) is 0.529. The lowest BCUT2D eigenvalue weighted by molar-refractivity contribution is -0.134. The summed E-state index contributed by atoms with van der Waals surface area (Å²) in [5.41, 5.74) is 0.522. The summed E-state index contributed by atoms with van der Waals surface area (Å²) < 4.78 is 33.3. The Morgan fingerprint density at radius 2 is 1.73 bits per heavy atom. The van der Waals surface area contributed by atoms with E-state index < -0.39 is 10.2 Å². The fourth-order valence-electron chi connectivity index (χ4n) is 2.74. The predicted molar refractivity (Wildman–Crippen MR) is 96.6 cm³/mol. The van der Waals surface area contributed by atoms with Crippen LogP contribution >= 0.6 is 0 Å². The van der Waals surface area contributed by atoms with Gasteiger partial charge >= 0.3 is 0 Å². The molecular weight excluding hydrogens is 356 g/mol. The Labute approximate surface area is 154 Å². The van der Waals surface area contributed by atoms with E-state index in [-0.39, 0.29) is 25.6 Å². The number of nitrogens with zero attached hydrogens (tertiary/aromatic N) is 4. The summed E-state index contributed by atoms with van der Waals surface area (Å²) in [6.45, 7) is 5.60. The van der Waals surface area contributed by atoms with Crippen LogP contribution in [-0.4, -0.2) is 73.7 Å². The molecule has 1 aliphatic heterocycles. The number of piperazine rings is 1. The van der Waals surface area contributed by atoms with E-state index in [4.69, 9.17) is 10.00 Å². The highest BCUT2D eigenvalue weighted by atomic mass is 32.2.